The molecule has 0 N–H and O–H groups in total. The number of benzene rings is 2. The Balaban J connectivity index is 1.94. The molecule has 1 fully saturated rings. The molecule has 4 rings (SSSR count). The van der Waals surface area contributed by atoms with E-state index in [2.05, 4.69) is 70.9 Å². The van der Waals surface area contributed by atoms with Crippen molar-refractivity contribution in [3.05, 3.63) is 77.4 Å². The smallest absolute Gasteiger partial charge is 0.0949 e. The minimum absolute atomic E-state index is 0.301. The van der Waals surface area contributed by atoms with Gasteiger partial charge in [0.15, 0.2) is 0 Å². The van der Waals surface area contributed by atoms with Crippen LogP contribution in [0.4, 0.5) is 0 Å². The lowest BCUT2D eigenvalue weighted by Crippen LogP contribution is -2.05. The van der Waals surface area contributed by atoms with E-state index in [1.807, 2.05) is 0 Å². The number of rotatable bonds is 2. The molecule has 2 heteroatoms. The molecule has 0 radical (unpaired) electrons. The van der Waals surface area contributed by atoms with Crippen LogP contribution in [-0.2, 0) is 0 Å². The van der Waals surface area contributed by atoms with Crippen molar-refractivity contribution < 1.29 is 0 Å². The summed E-state index contributed by atoms with van der Waals surface area (Å²) in [6.45, 7) is 0. The van der Waals surface area contributed by atoms with E-state index in [-0.39, 0.29) is 0 Å². The summed E-state index contributed by atoms with van der Waals surface area (Å²) in [5.74, 6) is 0. The lowest BCUT2D eigenvalue weighted by Gasteiger charge is -2.14. The van der Waals surface area contributed by atoms with Gasteiger partial charge in [0, 0.05) is 0 Å². The van der Waals surface area contributed by atoms with Crippen LogP contribution in [0.15, 0.2) is 76.5 Å². The predicted octanol–water partition coefficient (Wildman–Crippen LogP) is 4.49. The zero-order valence-corrected chi connectivity index (χ0v) is 11.2. The standard InChI is InChI=1S/C18H16N2/c1-3-7-13(8-4-1)17(14-9-5-2-6-10-14)18-15-11-12-16(18)20-19-15/h1-10,15-16H,11-12H2/t15-,16+. The second-order valence-electron chi connectivity index (χ2n) is 5.40. The van der Waals surface area contributed by atoms with E-state index in [4.69, 9.17) is 0 Å². The highest BCUT2D eigenvalue weighted by Gasteiger charge is 2.38. The molecule has 2 aromatic carbocycles. The molecule has 1 heterocycles. The van der Waals surface area contributed by atoms with Crippen molar-refractivity contribution in [1.29, 1.82) is 0 Å². The molecular formula is C18H16N2. The third-order valence-electron chi connectivity index (χ3n) is 4.19. The highest BCUT2D eigenvalue weighted by Crippen LogP contribution is 2.43. The molecule has 2 aromatic rings. The minimum Gasteiger partial charge on any atom is -0.186 e. The Morgan fingerprint density at radius 2 is 1.15 bits per heavy atom. The number of hydrogen-bond donors (Lipinski definition) is 0. The van der Waals surface area contributed by atoms with Crippen LogP contribution in [0.5, 0.6) is 0 Å². The van der Waals surface area contributed by atoms with Gasteiger partial charge < -0.3 is 0 Å². The summed E-state index contributed by atoms with van der Waals surface area (Å²) in [7, 11) is 0. The van der Waals surface area contributed by atoms with Gasteiger partial charge in [0.05, 0.1) is 12.1 Å². The van der Waals surface area contributed by atoms with Crippen LogP contribution >= 0.6 is 0 Å². The third-order valence-corrected chi connectivity index (χ3v) is 4.19. The van der Waals surface area contributed by atoms with Crippen LogP contribution in [0.3, 0.4) is 0 Å². The summed E-state index contributed by atoms with van der Waals surface area (Å²) < 4.78 is 0. The molecule has 2 aliphatic rings. The molecular weight excluding hydrogens is 244 g/mol. The van der Waals surface area contributed by atoms with Crippen molar-refractivity contribution in [3.8, 4) is 0 Å². The molecule has 0 saturated heterocycles. The van der Waals surface area contributed by atoms with E-state index in [0.717, 1.165) is 12.8 Å². The van der Waals surface area contributed by atoms with Crippen molar-refractivity contribution in [2.45, 2.75) is 24.9 Å². The molecule has 2 nitrogen and oxygen atoms in total. The van der Waals surface area contributed by atoms with Gasteiger partial charge in [-0.2, -0.15) is 10.2 Å². The Bertz CT molecular complexity index is 614. The molecule has 1 aliphatic heterocycles. The first-order chi connectivity index (χ1) is 9.93. The van der Waals surface area contributed by atoms with Crippen LogP contribution in [0, 0.1) is 0 Å². The van der Waals surface area contributed by atoms with Crippen LogP contribution in [0.2, 0.25) is 0 Å². The van der Waals surface area contributed by atoms with Gasteiger partial charge in [-0.25, -0.2) is 0 Å². The third kappa shape index (κ3) is 1.80. The molecule has 1 aliphatic carbocycles. The summed E-state index contributed by atoms with van der Waals surface area (Å²) in [6, 6.07) is 21.9. The second kappa shape index (κ2) is 4.71. The fourth-order valence-electron chi connectivity index (χ4n) is 3.29. The molecule has 2 bridgehead atoms. The largest absolute Gasteiger partial charge is 0.186 e. The van der Waals surface area contributed by atoms with Gasteiger partial charge in [-0.15, -0.1) is 0 Å². The van der Waals surface area contributed by atoms with Gasteiger partial charge in [-0.1, -0.05) is 60.7 Å². The van der Waals surface area contributed by atoms with E-state index >= 15 is 0 Å². The molecule has 1 saturated carbocycles. The average Bonchev–Trinajstić information content (AvgIpc) is 3.10. The lowest BCUT2D eigenvalue weighted by atomic mass is 9.90. The molecule has 0 aromatic heterocycles. The summed E-state index contributed by atoms with van der Waals surface area (Å²) in [6.07, 6.45) is 2.29. The summed E-state index contributed by atoms with van der Waals surface area (Å²) in [5, 5.41) is 8.85. The van der Waals surface area contributed by atoms with Gasteiger partial charge in [0.1, 0.15) is 0 Å². The van der Waals surface area contributed by atoms with Gasteiger partial charge in [-0.3, -0.25) is 0 Å². The fraction of sp³-hybridized carbons (Fsp3) is 0.222. The van der Waals surface area contributed by atoms with E-state index in [0.29, 0.717) is 12.1 Å². The monoisotopic (exact) mass is 260 g/mol. The van der Waals surface area contributed by atoms with Gasteiger partial charge in [0.2, 0.25) is 0 Å². The van der Waals surface area contributed by atoms with E-state index in [1.165, 1.54) is 22.3 Å². The zero-order chi connectivity index (χ0) is 13.4. The number of hydrogen-bond acceptors (Lipinski definition) is 2. The van der Waals surface area contributed by atoms with Crippen molar-refractivity contribution >= 4 is 5.57 Å². The number of nitrogens with zero attached hydrogens (tertiary/aromatic N) is 2. The van der Waals surface area contributed by atoms with Crippen molar-refractivity contribution in [2.75, 3.05) is 0 Å². The number of fused-ring (bicyclic) bond motifs is 2. The first kappa shape index (κ1) is 11.6. The average molecular weight is 260 g/mol. The van der Waals surface area contributed by atoms with E-state index in [1.54, 1.807) is 0 Å². The molecule has 2 atom stereocenters. The topological polar surface area (TPSA) is 24.7 Å². The lowest BCUT2D eigenvalue weighted by molar-refractivity contribution is 0.643. The maximum absolute atomic E-state index is 4.42. The van der Waals surface area contributed by atoms with Crippen LogP contribution < -0.4 is 0 Å². The Hall–Kier alpha value is -2.22. The van der Waals surface area contributed by atoms with Crippen LogP contribution in [0.25, 0.3) is 5.57 Å². The van der Waals surface area contributed by atoms with Gasteiger partial charge in [0.25, 0.3) is 0 Å². The highest BCUT2D eigenvalue weighted by atomic mass is 15.2. The Kier molecular flexibility index (Phi) is 2.73. The second-order valence-corrected chi connectivity index (χ2v) is 5.40. The van der Waals surface area contributed by atoms with Gasteiger partial charge in [-0.05, 0) is 35.1 Å². The Morgan fingerprint density at radius 3 is 1.55 bits per heavy atom. The van der Waals surface area contributed by atoms with Crippen LogP contribution in [-0.4, -0.2) is 12.1 Å². The Morgan fingerprint density at radius 1 is 0.700 bits per heavy atom. The fourth-order valence-corrected chi connectivity index (χ4v) is 3.29. The first-order valence-corrected chi connectivity index (χ1v) is 7.18. The highest BCUT2D eigenvalue weighted by molar-refractivity contribution is 5.84. The summed E-state index contributed by atoms with van der Waals surface area (Å²) in [4.78, 5) is 0. The molecule has 98 valence electrons. The predicted molar refractivity (Wildman–Crippen MR) is 80.6 cm³/mol. The zero-order valence-electron chi connectivity index (χ0n) is 11.2. The summed E-state index contributed by atoms with van der Waals surface area (Å²) in [5.41, 5.74) is 5.31. The van der Waals surface area contributed by atoms with Gasteiger partial charge >= 0.3 is 0 Å². The molecule has 0 amide bonds. The number of azo groups is 1. The first-order valence-electron chi connectivity index (χ1n) is 7.18. The van der Waals surface area contributed by atoms with Crippen molar-refractivity contribution in [2.24, 2.45) is 10.2 Å². The van der Waals surface area contributed by atoms with E-state index in [9.17, 15) is 0 Å². The van der Waals surface area contributed by atoms with E-state index < -0.39 is 0 Å². The SMILES string of the molecule is c1ccc(C(=C2[C@@H]3CC[C@H]2N=N3)c2ccccc2)cc1. The minimum atomic E-state index is 0.301. The van der Waals surface area contributed by atoms with Crippen molar-refractivity contribution in [3.63, 3.8) is 0 Å². The molecule has 0 spiro atoms. The molecule has 0 unspecified atom stereocenters. The maximum Gasteiger partial charge on any atom is 0.0949 e. The van der Waals surface area contributed by atoms with Crippen LogP contribution in [0.1, 0.15) is 24.0 Å². The molecule has 20 heavy (non-hydrogen) atoms. The normalized spacial score (nSPS) is 23.3. The maximum atomic E-state index is 4.42. The van der Waals surface area contributed by atoms with Crippen molar-refractivity contribution in [1.82, 2.24) is 0 Å². The quantitative estimate of drug-likeness (QED) is 0.760. The summed E-state index contributed by atoms with van der Waals surface area (Å²) >= 11 is 0. The Labute approximate surface area is 118 Å².